The fourth-order valence-corrected chi connectivity index (χ4v) is 1.91. The molecule has 0 N–H and O–H groups in total. The standard InChI is InChI=1S/C13H22N2O2/c1-6-9(3)15-11(5)12(10(4)14-15)8-13(16)17-7-2/h9H,6-8H2,1-5H3. The molecule has 0 saturated heterocycles. The molecule has 0 amide bonds. The Morgan fingerprint density at radius 2 is 2.06 bits per heavy atom. The molecule has 4 nitrogen and oxygen atoms in total. The summed E-state index contributed by atoms with van der Waals surface area (Å²) in [5.41, 5.74) is 3.00. The lowest BCUT2D eigenvalue weighted by molar-refractivity contribution is -0.142. The highest BCUT2D eigenvalue weighted by atomic mass is 16.5. The van der Waals surface area contributed by atoms with Gasteiger partial charge in [0.25, 0.3) is 0 Å². The highest BCUT2D eigenvalue weighted by molar-refractivity contribution is 5.73. The van der Waals surface area contributed by atoms with Gasteiger partial charge >= 0.3 is 5.97 Å². The largest absolute Gasteiger partial charge is 0.466 e. The lowest BCUT2D eigenvalue weighted by Gasteiger charge is -2.11. The second-order valence-corrected chi connectivity index (χ2v) is 4.33. The first-order valence-electron chi connectivity index (χ1n) is 6.21. The van der Waals surface area contributed by atoms with Crippen molar-refractivity contribution in [2.24, 2.45) is 0 Å². The third-order valence-electron chi connectivity index (χ3n) is 3.11. The molecule has 4 heteroatoms. The lowest BCUT2D eigenvalue weighted by atomic mass is 10.1. The van der Waals surface area contributed by atoms with Gasteiger partial charge in [0.15, 0.2) is 0 Å². The Labute approximate surface area is 103 Å². The normalized spacial score (nSPS) is 12.5. The zero-order valence-corrected chi connectivity index (χ0v) is 11.4. The van der Waals surface area contributed by atoms with Crippen LogP contribution in [0.3, 0.4) is 0 Å². The van der Waals surface area contributed by atoms with Crippen molar-refractivity contribution in [2.45, 2.75) is 53.5 Å². The molecule has 0 bridgehead atoms. The van der Waals surface area contributed by atoms with Crippen LogP contribution in [-0.2, 0) is 16.0 Å². The third kappa shape index (κ3) is 3.08. The number of esters is 1. The van der Waals surface area contributed by atoms with E-state index in [0.29, 0.717) is 19.1 Å². The summed E-state index contributed by atoms with van der Waals surface area (Å²) >= 11 is 0. The zero-order valence-electron chi connectivity index (χ0n) is 11.4. The van der Waals surface area contributed by atoms with Crippen LogP contribution in [0.5, 0.6) is 0 Å². The van der Waals surface area contributed by atoms with Crippen molar-refractivity contribution >= 4 is 5.97 Å². The molecule has 0 radical (unpaired) electrons. The summed E-state index contributed by atoms with van der Waals surface area (Å²) in [5, 5.41) is 4.50. The topological polar surface area (TPSA) is 44.1 Å². The van der Waals surface area contributed by atoms with Crippen LogP contribution in [0.4, 0.5) is 0 Å². The number of aryl methyl sites for hydroxylation is 1. The van der Waals surface area contributed by atoms with E-state index in [-0.39, 0.29) is 5.97 Å². The maximum atomic E-state index is 11.5. The van der Waals surface area contributed by atoms with E-state index in [4.69, 9.17) is 4.74 Å². The van der Waals surface area contributed by atoms with E-state index >= 15 is 0 Å². The van der Waals surface area contributed by atoms with Crippen LogP contribution in [0.1, 0.15) is 50.2 Å². The van der Waals surface area contributed by atoms with Crippen LogP contribution in [0.15, 0.2) is 0 Å². The summed E-state index contributed by atoms with van der Waals surface area (Å²) in [6.07, 6.45) is 1.35. The maximum Gasteiger partial charge on any atom is 0.310 e. The average molecular weight is 238 g/mol. The van der Waals surface area contributed by atoms with Gasteiger partial charge in [-0.25, -0.2) is 0 Å². The van der Waals surface area contributed by atoms with Gasteiger partial charge in [-0.2, -0.15) is 5.10 Å². The van der Waals surface area contributed by atoms with Gasteiger partial charge in [0.2, 0.25) is 0 Å². The van der Waals surface area contributed by atoms with Crippen molar-refractivity contribution in [1.29, 1.82) is 0 Å². The Bertz CT molecular complexity index is 396. The summed E-state index contributed by atoms with van der Waals surface area (Å²) in [6, 6.07) is 0.365. The molecule has 0 saturated carbocycles. The molecule has 1 aromatic heterocycles. The van der Waals surface area contributed by atoms with Crippen LogP contribution < -0.4 is 0 Å². The van der Waals surface area contributed by atoms with Gasteiger partial charge in [-0.05, 0) is 34.1 Å². The van der Waals surface area contributed by atoms with E-state index in [1.807, 2.05) is 25.5 Å². The van der Waals surface area contributed by atoms with Crippen LogP contribution in [0.2, 0.25) is 0 Å². The molecule has 96 valence electrons. The van der Waals surface area contributed by atoms with Gasteiger partial charge in [0.05, 0.1) is 18.7 Å². The fourth-order valence-electron chi connectivity index (χ4n) is 1.91. The molecule has 1 unspecified atom stereocenters. The molecule has 0 aliphatic rings. The van der Waals surface area contributed by atoms with Crippen LogP contribution in [0, 0.1) is 13.8 Å². The maximum absolute atomic E-state index is 11.5. The van der Waals surface area contributed by atoms with E-state index in [1.165, 1.54) is 0 Å². The first kappa shape index (κ1) is 13.7. The Morgan fingerprint density at radius 1 is 1.41 bits per heavy atom. The van der Waals surface area contributed by atoms with E-state index in [2.05, 4.69) is 18.9 Å². The number of carbonyl (C=O) groups excluding carboxylic acids is 1. The predicted octanol–water partition coefficient (Wildman–Crippen LogP) is 2.58. The minimum atomic E-state index is -0.178. The van der Waals surface area contributed by atoms with Crippen molar-refractivity contribution in [2.75, 3.05) is 6.61 Å². The quantitative estimate of drug-likeness (QED) is 0.740. The van der Waals surface area contributed by atoms with Gasteiger partial charge in [-0.3, -0.25) is 9.48 Å². The Balaban J connectivity index is 2.93. The van der Waals surface area contributed by atoms with Crippen LogP contribution >= 0.6 is 0 Å². The van der Waals surface area contributed by atoms with Crippen molar-refractivity contribution in [3.63, 3.8) is 0 Å². The van der Waals surface area contributed by atoms with E-state index in [9.17, 15) is 4.79 Å². The molecule has 1 atom stereocenters. The molecular formula is C13H22N2O2. The summed E-state index contributed by atoms with van der Waals surface area (Å²) in [5.74, 6) is -0.178. The second-order valence-electron chi connectivity index (χ2n) is 4.33. The molecule has 17 heavy (non-hydrogen) atoms. The first-order chi connectivity index (χ1) is 8.01. The Morgan fingerprint density at radius 3 is 2.59 bits per heavy atom. The number of hydrogen-bond acceptors (Lipinski definition) is 3. The highest BCUT2D eigenvalue weighted by Crippen LogP contribution is 2.19. The van der Waals surface area contributed by atoms with Gasteiger partial charge in [0.1, 0.15) is 0 Å². The summed E-state index contributed by atoms with van der Waals surface area (Å²) in [6.45, 7) is 10.5. The molecule has 0 aliphatic heterocycles. The Hall–Kier alpha value is -1.32. The first-order valence-corrected chi connectivity index (χ1v) is 6.21. The zero-order chi connectivity index (χ0) is 13.0. The van der Waals surface area contributed by atoms with Crippen LogP contribution in [0.25, 0.3) is 0 Å². The molecule has 0 fully saturated rings. The molecule has 0 spiro atoms. The second kappa shape index (κ2) is 5.84. The summed E-state index contributed by atoms with van der Waals surface area (Å²) in [4.78, 5) is 11.5. The number of carbonyl (C=O) groups is 1. The van der Waals surface area contributed by atoms with Crippen molar-refractivity contribution < 1.29 is 9.53 Å². The lowest BCUT2D eigenvalue weighted by Crippen LogP contribution is -2.10. The number of aromatic nitrogens is 2. The monoisotopic (exact) mass is 238 g/mol. The van der Waals surface area contributed by atoms with Crippen LogP contribution in [-0.4, -0.2) is 22.4 Å². The van der Waals surface area contributed by atoms with Gasteiger partial charge < -0.3 is 4.74 Å². The SMILES string of the molecule is CCOC(=O)Cc1c(C)nn(C(C)CC)c1C. The van der Waals surface area contributed by atoms with Crippen molar-refractivity contribution in [3.8, 4) is 0 Å². The molecule has 0 aromatic carbocycles. The third-order valence-corrected chi connectivity index (χ3v) is 3.11. The molecule has 0 aliphatic carbocycles. The van der Waals surface area contributed by atoms with Crippen molar-refractivity contribution in [3.05, 3.63) is 17.0 Å². The minimum Gasteiger partial charge on any atom is -0.466 e. The fraction of sp³-hybridized carbons (Fsp3) is 0.692. The molecular weight excluding hydrogens is 216 g/mol. The number of hydrogen-bond donors (Lipinski definition) is 0. The Kier molecular flexibility index (Phi) is 4.73. The summed E-state index contributed by atoms with van der Waals surface area (Å²) in [7, 11) is 0. The molecule has 1 aromatic rings. The number of nitrogens with zero attached hydrogens (tertiary/aromatic N) is 2. The van der Waals surface area contributed by atoms with Crippen molar-refractivity contribution in [1.82, 2.24) is 9.78 Å². The van der Waals surface area contributed by atoms with E-state index in [1.54, 1.807) is 0 Å². The highest BCUT2D eigenvalue weighted by Gasteiger charge is 2.17. The minimum absolute atomic E-state index is 0.178. The molecule has 1 rings (SSSR count). The van der Waals surface area contributed by atoms with Gasteiger partial charge in [0, 0.05) is 17.3 Å². The number of ether oxygens (including phenoxy) is 1. The van der Waals surface area contributed by atoms with E-state index < -0.39 is 0 Å². The predicted molar refractivity (Wildman–Crippen MR) is 67.0 cm³/mol. The van der Waals surface area contributed by atoms with Gasteiger partial charge in [-0.15, -0.1) is 0 Å². The molecule has 1 heterocycles. The smallest absolute Gasteiger partial charge is 0.310 e. The summed E-state index contributed by atoms with van der Waals surface area (Å²) < 4.78 is 6.98. The van der Waals surface area contributed by atoms with E-state index in [0.717, 1.165) is 23.4 Å². The average Bonchev–Trinajstić information content (AvgIpc) is 2.56. The number of rotatable bonds is 5. The van der Waals surface area contributed by atoms with Gasteiger partial charge in [-0.1, -0.05) is 6.92 Å².